The van der Waals surface area contributed by atoms with Gasteiger partial charge in [-0.25, -0.2) is 0 Å². The molecule has 3 nitrogen and oxygen atoms in total. The zero-order valence-corrected chi connectivity index (χ0v) is 10.6. The number of rotatable bonds is 5. The maximum absolute atomic E-state index is 5.95. The van der Waals surface area contributed by atoms with Gasteiger partial charge in [-0.15, -0.1) is 11.3 Å². The van der Waals surface area contributed by atoms with E-state index in [0.29, 0.717) is 6.61 Å². The van der Waals surface area contributed by atoms with Crippen molar-refractivity contribution in [2.45, 2.75) is 26.0 Å². The van der Waals surface area contributed by atoms with Crippen LogP contribution in [-0.4, -0.2) is 4.98 Å². The molecule has 0 aliphatic heterocycles. The zero-order chi connectivity index (χ0) is 12.1. The highest BCUT2D eigenvalue weighted by Gasteiger charge is 2.03. The summed E-state index contributed by atoms with van der Waals surface area (Å²) in [6, 6.07) is 8.09. The number of hydrogen-bond donors (Lipinski definition) is 1. The fraction of sp³-hybridized carbons (Fsp3) is 0.308. The topological polar surface area (TPSA) is 48.1 Å². The smallest absolute Gasteiger partial charge is 0.124 e. The Balaban J connectivity index is 1.94. The molecule has 0 saturated carbocycles. The summed E-state index contributed by atoms with van der Waals surface area (Å²) in [5.74, 6) is 0.866. The number of benzene rings is 1. The van der Waals surface area contributed by atoms with E-state index in [1.165, 1.54) is 0 Å². The highest BCUT2D eigenvalue weighted by atomic mass is 32.1. The Labute approximate surface area is 105 Å². The summed E-state index contributed by atoms with van der Waals surface area (Å²) in [5.41, 5.74) is 8.91. The van der Waals surface area contributed by atoms with Crippen LogP contribution in [0.15, 0.2) is 36.0 Å². The molecule has 1 atom stereocenters. The predicted molar refractivity (Wildman–Crippen MR) is 70.1 cm³/mol. The first-order chi connectivity index (χ1) is 8.29. The summed E-state index contributed by atoms with van der Waals surface area (Å²) < 4.78 is 5.65. The summed E-state index contributed by atoms with van der Waals surface area (Å²) in [7, 11) is 0. The average Bonchev–Trinajstić information content (AvgIpc) is 2.89. The van der Waals surface area contributed by atoms with E-state index in [-0.39, 0.29) is 6.04 Å². The van der Waals surface area contributed by atoms with Crippen LogP contribution >= 0.6 is 11.3 Å². The van der Waals surface area contributed by atoms with E-state index in [4.69, 9.17) is 10.5 Å². The van der Waals surface area contributed by atoms with Gasteiger partial charge in [-0.3, -0.25) is 4.98 Å². The second kappa shape index (κ2) is 5.80. The molecule has 0 radical (unpaired) electrons. The molecule has 1 aromatic carbocycles. The fourth-order valence-corrected chi connectivity index (χ4v) is 2.02. The van der Waals surface area contributed by atoms with Crippen molar-refractivity contribution in [2.24, 2.45) is 5.73 Å². The molecule has 2 aromatic rings. The summed E-state index contributed by atoms with van der Waals surface area (Å²) in [5, 5.41) is 0. The van der Waals surface area contributed by atoms with Gasteiger partial charge in [0, 0.05) is 12.2 Å². The van der Waals surface area contributed by atoms with Crippen molar-refractivity contribution >= 4 is 11.3 Å². The quantitative estimate of drug-likeness (QED) is 0.884. The largest absolute Gasteiger partial charge is 0.488 e. The molecule has 1 heterocycles. The van der Waals surface area contributed by atoms with Crippen LogP contribution in [0.25, 0.3) is 0 Å². The first-order valence-corrected chi connectivity index (χ1v) is 6.53. The Kier molecular flexibility index (Phi) is 4.12. The molecule has 0 amide bonds. The van der Waals surface area contributed by atoms with Crippen LogP contribution < -0.4 is 10.5 Å². The molecule has 4 heteroatoms. The van der Waals surface area contributed by atoms with Crippen molar-refractivity contribution in [1.82, 2.24) is 4.98 Å². The third-order valence-electron chi connectivity index (χ3n) is 2.61. The molecule has 0 spiro atoms. The third-order valence-corrected chi connectivity index (χ3v) is 3.37. The van der Waals surface area contributed by atoms with Crippen molar-refractivity contribution in [2.75, 3.05) is 0 Å². The van der Waals surface area contributed by atoms with Gasteiger partial charge in [-0.05, 0) is 24.1 Å². The van der Waals surface area contributed by atoms with E-state index < -0.39 is 0 Å². The lowest BCUT2D eigenvalue weighted by Crippen LogP contribution is -2.08. The number of aromatic nitrogens is 1. The number of ether oxygens (including phenoxy) is 1. The fourth-order valence-electron chi connectivity index (χ4n) is 1.51. The Bertz CT molecular complexity index is 439. The Morgan fingerprint density at radius 1 is 1.35 bits per heavy atom. The summed E-state index contributed by atoms with van der Waals surface area (Å²) in [6.45, 7) is 2.66. The molecule has 0 aliphatic carbocycles. The van der Waals surface area contributed by atoms with E-state index >= 15 is 0 Å². The highest BCUT2D eigenvalue weighted by Crippen LogP contribution is 2.19. The van der Waals surface area contributed by atoms with Gasteiger partial charge in [-0.2, -0.15) is 0 Å². The van der Waals surface area contributed by atoms with Crippen LogP contribution in [0, 0.1) is 0 Å². The minimum Gasteiger partial charge on any atom is -0.488 e. The van der Waals surface area contributed by atoms with E-state index in [9.17, 15) is 0 Å². The van der Waals surface area contributed by atoms with Crippen LogP contribution in [-0.2, 0) is 6.61 Å². The van der Waals surface area contributed by atoms with Gasteiger partial charge in [0.25, 0.3) is 0 Å². The molecular weight excluding hydrogens is 232 g/mol. The highest BCUT2D eigenvalue weighted by molar-refractivity contribution is 7.09. The van der Waals surface area contributed by atoms with Crippen LogP contribution in [0.5, 0.6) is 5.75 Å². The molecule has 0 saturated heterocycles. The minimum absolute atomic E-state index is 0.116. The molecule has 2 N–H and O–H groups in total. The Morgan fingerprint density at radius 3 is 2.71 bits per heavy atom. The molecule has 90 valence electrons. The number of nitrogens with zero attached hydrogens (tertiary/aromatic N) is 1. The van der Waals surface area contributed by atoms with Crippen LogP contribution in [0.3, 0.4) is 0 Å². The van der Waals surface area contributed by atoms with Crippen molar-refractivity contribution in [3.8, 4) is 5.75 Å². The first-order valence-electron chi connectivity index (χ1n) is 5.65. The normalized spacial score (nSPS) is 12.4. The van der Waals surface area contributed by atoms with Gasteiger partial charge in [0.05, 0.1) is 10.4 Å². The molecule has 0 fully saturated rings. The van der Waals surface area contributed by atoms with Crippen LogP contribution in [0.1, 0.15) is 29.8 Å². The van der Waals surface area contributed by atoms with Gasteiger partial charge in [0.2, 0.25) is 0 Å². The first kappa shape index (κ1) is 12.1. The summed E-state index contributed by atoms with van der Waals surface area (Å²) in [4.78, 5) is 5.13. The Hall–Kier alpha value is -1.39. The molecular formula is C13H16N2OS. The second-order valence-electron chi connectivity index (χ2n) is 3.84. The lowest BCUT2D eigenvalue weighted by Gasteiger charge is -2.10. The van der Waals surface area contributed by atoms with Gasteiger partial charge in [0.15, 0.2) is 0 Å². The van der Waals surface area contributed by atoms with Gasteiger partial charge in [0.1, 0.15) is 12.4 Å². The molecule has 2 rings (SSSR count). The number of thiazole rings is 1. The van der Waals surface area contributed by atoms with Crippen molar-refractivity contribution in [1.29, 1.82) is 0 Å². The molecule has 0 unspecified atom stereocenters. The van der Waals surface area contributed by atoms with E-state index in [0.717, 1.165) is 22.6 Å². The van der Waals surface area contributed by atoms with Crippen molar-refractivity contribution < 1.29 is 4.74 Å². The van der Waals surface area contributed by atoms with E-state index in [1.807, 2.05) is 36.0 Å². The number of hydrogen-bond acceptors (Lipinski definition) is 4. The zero-order valence-electron chi connectivity index (χ0n) is 9.80. The van der Waals surface area contributed by atoms with E-state index in [1.54, 1.807) is 11.3 Å². The van der Waals surface area contributed by atoms with E-state index in [2.05, 4.69) is 11.9 Å². The number of nitrogens with two attached hydrogens (primary N) is 1. The molecule has 0 bridgehead atoms. The standard InChI is InChI=1S/C13H16N2OS/c1-2-13(14)10-3-5-11(6-4-10)16-8-12-7-15-9-17-12/h3-7,9,13H,2,8,14H2,1H3/t13-/m0/s1. The van der Waals surface area contributed by atoms with Gasteiger partial charge < -0.3 is 10.5 Å². The van der Waals surface area contributed by atoms with Crippen molar-refractivity contribution in [3.63, 3.8) is 0 Å². The Morgan fingerprint density at radius 2 is 2.12 bits per heavy atom. The van der Waals surface area contributed by atoms with Gasteiger partial charge in [-0.1, -0.05) is 19.1 Å². The monoisotopic (exact) mass is 248 g/mol. The maximum atomic E-state index is 5.95. The lowest BCUT2D eigenvalue weighted by atomic mass is 10.1. The summed E-state index contributed by atoms with van der Waals surface area (Å²) in [6.07, 6.45) is 2.77. The minimum atomic E-state index is 0.116. The molecule has 1 aromatic heterocycles. The van der Waals surface area contributed by atoms with Gasteiger partial charge >= 0.3 is 0 Å². The van der Waals surface area contributed by atoms with Crippen molar-refractivity contribution in [3.05, 3.63) is 46.4 Å². The molecule has 17 heavy (non-hydrogen) atoms. The molecule has 0 aliphatic rings. The maximum Gasteiger partial charge on any atom is 0.124 e. The predicted octanol–water partition coefficient (Wildman–Crippen LogP) is 3.13. The van der Waals surface area contributed by atoms with Crippen LogP contribution in [0.2, 0.25) is 0 Å². The second-order valence-corrected chi connectivity index (χ2v) is 4.81. The van der Waals surface area contributed by atoms with Crippen LogP contribution in [0.4, 0.5) is 0 Å². The third kappa shape index (κ3) is 3.28. The lowest BCUT2D eigenvalue weighted by molar-refractivity contribution is 0.309. The average molecular weight is 248 g/mol. The SMILES string of the molecule is CC[C@H](N)c1ccc(OCc2cncs2)cc1. The summed E-state index contributed by atoms with van der Waals surface area (Å²) >= 11 is 1.60.